The summed E-state index contributed by atoms with van der Waals surface area (Å²) in [5.74, 6) is 1.38. The maximum atomic E-state index is 13.2. The number of aromatic amines is 1. The zero-order valence-corrected chi connectivity index (χ0v) is 21.1. The van der Waals surface area contributed by atoms with Gasteiger partial charge in [0.25, 0.3) is 5.91 Å². The normalized spacial score (nSPS) is 12.9. The van der Waals surface area contributed by atoms with Gasteiger partial charge < -0.3 is 24.2 Å². The number of ether oxygens (including phenoxy) is 1. The molecule has 0 aliphatic carbocycles. The van der Waals surface area contributed by atoms with E-state index in [2.05, 4.69) is 9.97 Å². The van der Waals surface area contributed by atoms with Crippen LogP contribution in [-0.4, -0.2) is 53.7 Å². The highest BCUT2D eigenvalue weighted by atomic mass is 19.4. The maximum Gasteiger partial charge on any atom is 0.409 e. The van der Waals surface area contributed by atoms with Gasteiger partial charge in [0.2, 0.25) is 0 Å². The van der Waals surface area contributed by atoms with E-state index < -0.39 is 6.18 Å². The van der Waals surface area contributed by atoms with Crippen LogP contribution in [0.1, 0.15) is 28.7 Å². The summed E-state index contributed by atoms with van der Waals surface area (Å²) in [5, 5.41) is 0. The van der Waals surface area contributed by atoms with Crippen LogP contribution in [0, 0.1) is 6.92 Å². The number of nitrogens with one attached hydrogen (secondary N) is 1. The number of benzene rings is 3. The molecule has 0 unspecified atom stereocenters. The van der Waals surface area contributed by atoms with Crippen LogP contribution in [0.5, 0.6) is 5.75 Å². The summed E-state index contributed by atoms with van der Waals surface area (Å²) < 4.78 is 43.1. The Morgan fingerprint density at radius 1 is 1.03 bits per heavy atom. The lowest BCUT2D eigenvalue weighted by Gasteiger charge is -2.20. The van der Waals surface area contributed by atoms with Crippen molar-refractivity contribution in [1.29, 1.82) is 0 Å². The number of hydrogen-bond donors (Lipinski definition) is 1. The van der Waals surface area contributed by atoms with E-state index in [0.717, 1.165) is 45.4 Å². The molecule has 0 radical (unpaired) electrons. The molecule has 0 fully saturated rings. The third-order valence-electron chi connectivity index (χ3n) is 5.88. The Bertz CT molecular complexity index is 1470. The first-order valence-corrected chi connectivity index (χ1v) is 11.7. The van der Waals surface area contributed by atoms with Crippen molar-refractivity contribution in [3.8, 4) is 16.9 Å². The number of aromatic nitrogens is 2. The summed E-state index contributed by atoms with van der Waals surface area (Å²) >= 11 is 0. The van der Waals surface area contributed by atoms with Crippen LogP contribution < -0.4 is 4.74 Å². The predicted octanol–water partition coefficient (Wildman–Crippen LogP) is 6.02. The molecule has 2 heterocycles. The van der Waals surface area contributed by atoms with E-state index in [-0.39, 0.29) is 13.4 Å². The lowest BCUT2D eigenvalue weighted by atomic mass is 10.0. The predicted molar refractivity (Wildman–Crippen MR) is 144 cm³/mol. The van der Waals surface area contributed by atoms with Gasteiger partial charge in [0, 0.05) is 25.2 Å². The summed E-state index contributed by atoms with van der Waals surface area (Å²) in [6, 6.07) is 18.1. The number of aryl methyl sites for hydroxylation is 1. The Kier molecular flexibility index (Phi) is 9.38. The van der Waals surface area contributed by atoms with E-state index in [1.807, 2.05) is 56.9 Å². The van der Waals surface area contributed by atoms with Gasteiger partial charge in [0.05, 0.1) is 17.6 Å². The zero-order valence-electron chi connectivity index (χ0n) is 21.1. The Morgan fingerprint density at radius 3 is 2.38 bits per heavy atom. The first-order chi connectivity index (χ1) is 18.7. The second-order valence-electron chi connectivity index (χ2n) is 8.45. The maximum absolute atomic E-state index is 13.2. The second kappa shape index (κ2) is 12.7. The molecular formula is C29H28F3N3O4. The molecule has 0 bridgehead atoms. The number of allylic oxidation sites excluding steroid dienone is 1. The Morgan fingerprint density at radius 2 is 1.69 bits per heavy atom. The average Bonchev–Trinajstić information content (AvgIpc) is 3.19. The van der Waals surface area contributed by atoms with Crippen LogP contribution in [-0.2, 0) is 16.1 Å². The largest absolute Gasteiger partial charge is 0.491 e. The molecule has 4 aromatic rings. The van der Waals surface area contributed by atoms with Crippen molar-refractivity contribution >= 4 is 36.6 Å². The van der Waals surface area contributed by atoms with Gasteiger partial charge in [0.1, 0.15) is 31.8 Å². The number of carbonyl (C=O) groups is 3. The van der Waals surface area contributed by atoms with Crippen LogP contribution in [0.4, 0.5) is 13.2 Å². The summed E-state index contributed by atoms with van der Waals surface area (Å²) in [5.41, 5.74) is 5.55. The smallest absolute Gasteiger partial charge is 0.409 e. The van der Waals surface area contributed by atoms with Crippen LogP contribution in [0.3, 0.4) is 0 Å². The Labute approximate surface area is 224 Å². The third-order valence-corrected chi connectivity index (χ3v) is 5.88. The number of rotatable bonds is 3. The SMILES string of the molecule is C=O.C=O.Cc1nc2ccc(-c3ccc4c(c3)CN(C(=O)c3ccc(C=CC(F)(F)F)cc3)CCO4)cc2[nH]1.[HH]. The van der Waals surface area contributed by atoms with Crippen molar-refractivity contribution in [2.24, 2.45) is 0 Å². The molecule has 1 aromatic heterocycles. The van der Waals surface area contributed by atoms with Crippen molar-refractivity contribution < 1.29 is 33.7 Å². The van der Waals surface area contributed by atoms with Crippen LogP contribution in [0.25, 0.3) is 28.2 Å². The van der Waals surface area contributed by atoms with Crippen LogP contribution in [0.2, 0.25) is 0 Å². The number of nitrogens with zero attached hydrogens (tertiary/aromatic N) is 2. The number of carbonyl (C=O) groups excluding carboxylic acids is 3. The average molecular weight is 540 g/mol. The van der Waals surface area contributed by atoms with Crippen molar-refractivity contribution in [2.75, 3.05) is 13.2 Å². The zero-order chi connectivity index (χ0) is 28.6. The van der Waals surface area contributed by atoms with Crippen LogP contribution >= 0.6 is 0 Å². The molecule has 0 spiro atoms. The molecule has 1 N–H and O–H groups in total. The fourth-order valence-corrected chi connectivity index (χ4v) is 4.17. The van der Waals surface area contributed by atoms with Gasteiger partial charge in [-0.05, 0) is 60.0 Å². The van der Waals surface area contributed by atoms with Gasteiger partial charge in [0.15, 0.2) is 0 Å². The monoisotopic (exact) mass is 539 g/mol. The molecule has 1 aliphatic rings. The first-order valence-electron chi connectivity index (χ1n) is 11.7. The molecule has 1 aliphatic heterocycles. The highest BCUT2D eigenvalue weighted by Crippen LogP contribution is 2.31. The van der Waals surface area contributed by atoms with Gasteiger partial charge in [-0.15, -0.1) is 0 Å². The van der Waals surface area contributed by atoms with Gasteiger partial charge in [-0.2, -0.15) is 13.2 Å². The van der Waals surface area contributed by atoms with E-state index in [1.54, 1.807) is 17.0 Å². The molecule has 5 rings (SSSR count). The minimum absolute atomic E-state index is 0. The van der Waals surface area contributed by atoms with Crippen molar-refractivity contribution in [1.82, 2.24) is 14.9 Å². The minimum atomic E-state index is -4.38. The van der Waals surface area contributed by atoms with Crippen molar-refractivity contribution in [3.05, 3.63) is 89.3 Å². The summed E-state index contributed by atoms with van der Waals surface area (Å²) in [4.78, 5) is 38.5. The molecule has 39 heavy (non-hydrogen) atoms. The lowest BCUT2D eigenvalue weighted by Crippen LogP contribution is -2.32. The molecule has 204 valence electrons. The number of imidazole rings is 1. The first kappa shape index (κ1) is 28.8. The molecular weight excluding hydrogens is 511 g/mol. The highest BCUT2D eigenvalue weighted by molar-refractivity contribution is 5.94. The molecule has 7 nitrogen and oxygen atoms in total. The third kappa shape index (κ3) is 7.19. The van der Waals surface area contributed by atoms with E-state index in [1.165, 1.54) is 12.1 Å². The minimum Gasteiger partial charge on any atom is -0.491 e. The second-order valence-corrected chi connectivity index (χ2v) is 8.45. The van der Waals surface area contributed by atoms with E-state index in [0.29, 0.717) is 30.8 Å². The molecule has 1 amide bonds. The van der Waals surface area contributed by atoms with Crippen molar-refractivity contribution in [2.45, 2.75) is 19.6 Å². The number of H-pyrrole nitrogens is 1. The molecule has 0 saturated carbocycles. The lowest BCUT2D eigenvalue weighted by molar-refractivity contribution is -0.0987. The van der Waals surface area contributed by atoms with E-state index in [4.69, 9.17) is 14.3 Å². The molecule has 3 aromatic carbocycles. The fourth-order valence-electron chi connectivity index (χ4n) is 4.17. The molecule has 0 atom stereocenters. The number of hydrogen-bond acceptors (Lipinski definition) is 5. The highest BCUT2D eigenvalue weighted by Gasteiger charge is 2.23. The van der Waals surface area contributed by atoms with E-state index in [9.17, 15) is 18.0 Å². The van der Waals surface area contributed by atoms with E-state index >= 15 is 0 Å². The number of amides is 1. The topological polar surface area (TPSA) is 92.4 Å². The number of alkyl halides is 3. The molecule has 10 heteroatoms. The van der Waals surface area contributed by atoms with Gasteiger partial charge >= 0.3 is 6.18 Å². The van der Waals surface area contributed by atoms with Crippen LogP contribution in [0.15, 0.2) is 66.7 Å². The summed E-state index contributed by atoms with van der Waals surface area (Å²) in [6.45, 7) is 7.03. The Balaban J connectivity index is 0.00000107. The van der Waals surface area contributed by atoms with Gasteiger partial charge in [-0.25, -0.2) is 4.98 Å². The summed E-state index contributed by atoms with van der Waals surface area (Å²) in [7, 11) is 0. The summed E-state index contributed by atoms with van der Waals surface area (Å²) in [6.07, 6.45) is -3.22. The quantitative estimate of drug-likeness (QED) is 0.344. The van der Waals surface area contributed by atoms with Gasteiger partial charge in [-0.3, -0.25) is 4.79 Å². The Hall–Kier alpha value is -4.73. The standard InChI is InChI=1S/C27H22F3N3O2.2CH2O.H2/c1-17-31-23-8-6-21(15-24(23)32-17)20-7-9-25-22(14-20)16-33(12-13-35-25)26(34)19-4-2-18(3-5-19)10-11-27(28,29)30;2*1-2;/h2-11,14-15H,12-13,16H2,1H3,(H,31,32);2*1H2;1H. The van der Waals surface area contributed by atoms with Crippen molar-refractivity contribution in [3.63, 3.8) is 0 Å². The number of fused-ring (bicyclic) bond motifs is 2. The number of halogens is 3. The van der Waals surface area contributed by atoms with Gasteiger partial charge in [-0.1, -0.05) is 30.3 Å². The molecule has 0 saturated heterocycles. The fraction of sp³-hybridized carbons (Fsp3) is 0.172.